The summed E-state index contributed by atoms with van der Waals surface area (Å²) in [6.07, 6.45) is 0. The summed E-state index contributed by atoms with van der Waals surface area (Å²) in [5.74, 6) is -3.69. The van der Waals surface area contributed by atoms with Gasteiger partial charge in [0, 0.05) is 28.3 Å². The molecule has 0 N–H and O–H groups in total. The minimum Gasteiger partial charge on any atom is -0.450 e. The molecular formula is C28H26O10. The molecule has 38 heavy (non-hydrogen) atoms. The lowest BCUT2D eigenvalue weighted by Gasteiger charge is -2.13. The maximum atomic E-state index is 12.4. The molecule has 0 aliphatic heterocycles. The zero-order valence-corrected chi connectivity index (χ0v) is 21.2. The van der Waals surface area contributed by atoms with E-state index in [1.165, 1.54) is 51.1 Å². The van der Waals surface area contributed by atoms with Crippen molar-refractivity contribution in [2.24, 2.45) is 0 Å². The number of rotatable bonds is 11. The lowest BCUT2D eigenvalue weighted by atomic mass is 10.0. The molecule has 0 atom stereocenters. The highest BCUT2D eigenvalue weighted by atomic mass is 16.6. The zero-order chi connectivity index (χ0) is 28.4. The van der Waals surface area contributed by atoms with Gasteiger partial charge in [-0.2, -0.15) is 0 Å². The molecule has 0 saturated carbocycles. The molecule has 198 valence electrons. The van der Waals surface area contributed by atoms with Gasteiger partial charge in [0.2, 0.25) is 0 Å². The smallest absolute Gasteiger partial charge is 0.349 e. The molecule has 0 spiro atoms. The van der Waals surface area contributed by atoms with E-state index in [2.05, 4.69) is 19.7 Å². The van der Waals surface area contributed by atoms with Crippen LogP contribution in [0.1, 0.15) is 20.8 Å². The Morgan fingerprint density at radius 2 is 1.08 bits per heavy atom. The maximum Gasteiger partial charge on any atom is 0.349 e. The van der Waals surface area contributed by atoms with Gasteiger partial charge in [-0.15, -0.1) is 0 Å². The Hall–Kier alpha value is -4.99. The van der Waals surface area contributed by atoms with Crippen LogP contribution in [-0.4, -0.2) is 43.1 Å². The Labute approximate surface area is 219 Å². The number of esters is 5. The molecule has 0 aliphatic carbocycles. The summed E-state index contributed by atoms with van der Waals surface area (Å²) < 4.78 is 25.3. The van der Waals surface area contributed by atoms with Crippen LogP contribution in [0.25, 0.3) is 11.1 Å². The van der Waals surface area contributed by atoms with Gasteiger partial charge in [-0.05, 0) is 50.6 Å². The first-order valence-electron chi connectivity index (χ1n) is 11.1. The van der Waals surface area contributed by atoms with E-state index >= 15 is 0 Å². The second-order valence-corrected chi connectivity index (χ2v) is 8.01. The predicted octanol–water partition coefficient (Wildman–Crippen LogP) is 3.88. The Morgan fingerprint density at radius 1 is 0.605 bits per heavy atom. The number of ether oxygens (including phenoxy) is 5. The molecule has 0 aliphatic rings. The van der Waals surface area contributed by atoms with Crippen LogP contribution in [-0.2, 0) is 33.4 Å². The largest absolute Gasteiger partial charge is 0.450 e. The third kappa shape index (κ3) is 8.90. The summed E-state index contributed by atoms with van der Waals surface area (Å²) in [4.78, 5) is 59.3. The fraction of sp³-hybridized carbons (Fsp3) is 0.179. The average molecular weight is 523 g/mol. The summed E-state index contributed by atoms with van der Waals surface area (Å²) in [5, 5.41) is 0. The van der Waals surface area contributed by atoms with Crippen LogP contribution in [0.15, 0.2) is 78.9 Å². The maximum absolute atomic E-state index is 12.4. The molecule has 10 heteroatoms. The normalized spacial score (nSPS) is 9.97. The molecular weight excluding hydrogens is 496 g/mol. The van der Waals surface area contributed by atoms with E-state index in [9.17, 15) is 24.0 Å². The highest BCUT2D eigenvalue weighted by Gasteiger charge is 2.17. The SMILES string of the molecule is C=C(C)C(=O)OCC(=O)Oc1ccc(-c2ccc(OC(=O)C(=C)C)cc2)c(OC(=O)COC(=O)C(=C)C)c1. The first-order chi connectivity index (χ1) is 17.9. The molecule has 0 fully saturated rings. The number of benzene rings is 2. The van der Waals surface area contributed by atoms with Crippen LogP contribution in [0.5, 0.6) is 17.2 Å². The second-order valence-electron chi connectivity index (χ2n) is 8.01. The van der Waals surface area contributed by atoms with Gasteiger partial charge in [0.25, 0.3) is 0 Å². The summed E-state index contributed by atoms with van der Waals surface area (Å²) in [6.45, 7) is 13.4. The predicted molar refractivity (Wildman–Crippen MR) is 135 cm³/mol. The number of hydrogen-bond donors (Lipinski definition) is 0. The third-order valence-corrected chi connectivity index (χ3v) is 4.47. The Balaban J connectivity index is 2.28. The minimum absolute atomic E-state index is 0.0149. The van der Waals surface area contributed by atoms with Crippen molar-refractivity contribution >= 4 is 29.8 Å². The lowest BCUT2D eigenvalue weighted by molar-refractivity contribution is -0.151. The van der Waals surface area contributed by atoms with E-state index in [0.717, 1.165) is 0 Å². The van der Waals surface area contributed by atoms with Gasteiger partial charge in [-0.3, -0.25) is 0 Å². The van der Waals surface area contributed by atoms with Crippen molar-refractivity contribution in [1.82, 2.24) is 0 Å². The molecule has 10 nitrogen and oxygen atoms in total. The molecule has 0 amide bonds. The van der Waals surface area contributed by atoms with Crippen LogP contribution in [0.3, 0.4) is 0 Å². The molecule has 0 heterocycles. The molecule has 0 bridgehead atoms. The van der Waals surface area contributed by atoms with E-state index in [1.807, 2.05) is 0 Å². The van der Waals surface area contributed by atoms with Gasteiger partial charge in [-0.1, -0.05) is 31.9 Å². The summed E-state index contributed by atoms with van der Waals surface area (Å²) >= 11 is 0. The van der Waals surface area contributed by atoms with Crippen molar-refractivity contribution in [3.63, 3.8) is 0 Å². The fourth-order valence-corrected chi connectivity index (χ4v) is 2.59. The van der Waals surface area contributed by atoms with E-state index in [-0.39, 0.29) is 34.0 Å². The van der Waals surface area contributed by atoms with Crippen molar-refractivity contribution in [1.29, 1.82) is 0 Å². The highest BCUT2D eigenvalue weighted by Crippen LogP contribution is 2.34. The van der Waals surface area contributed by atoms with Crippen molar-refractivity contribution in [2.75, 3.05) is 13.2 Å². The monoisotopic (exact) mass is 522 g/mol. The molecule has 0 radical (unpaired) electrons. The van der Waals surface area contributed by atoms with Crippen molar-refractivity contribution in [3.8, 4) is 28.4 Å². The van der Waals surface area contributed by atoms with E-state index in [4.69, 9.17) is 23.7 Å². The number of hydrogen-bond acceptors (Lipinski definition) is 10. The summed E-state index contributed by atoms with van der Waals surface area (Å²) in [7, 11) is 0. The van der Waals surface area contributed by atoms with E-state index in [0.29, 0.717) is 11.1 Å². The molecule has 2 aromatic carbocycles. The summed E-state index contributed by atoms with van der Waals surface area (Å²) in [6, 6.07) is 10.5. The van der Waals surface area contributed by atoms with Crippen molar-refractivity contribution in [2.45, 2.75) is 20.8 Å². The lowest BCUT2D eigenvalue weighted by Crippen LogP contribution is -2.20. The third-order valence-electron chi connectivity index (χ3n) is 4.47. The van der Waals surface area contributed by atoms with Crippen LogP contribution < -0.4 is 14.2 Å². The van der Waals surface area contributed by atoms with Gasteiger partial charge >= 0.3 is 29.8 Å². The van der Waals surface area contributed by atoms with Crippen molar-refractivity contribution < 1.29 is 47.7 Å². The van der Waals surface area contributed by atoms with Gasteiger partial charge in [0.1, 0.15) is 17.2 Å². The van der Waals surface area contributed by atoms with Gasteiger partial charge in [-0.25, -0.2) is 24.0 Å². The second kappa shape index (κ2) is 13.4. The minimum atomic E-state index is -0.910. The Bertz CT molecular complexity index is 1300. The zero-order valence-electron chi connectivity index (χ0n) is 21.2. The average Bonchev–Trinajstić information content (AvgIpc) is 2.86. The van der Waals surface area contributed by atoms with Crippen molar-refractivity contribution in [3.05, 3.63) is 78.9 Å². The first-order valence-corrected chi connectivity index (χ1v) is 11.1. The highest BCUT2D eigenvalue weighted by molar-refractivity contribution is 5.90. The van der Waals surface area contributed by atoms with Gasteiger partial charge in [0.15, 0.2) is 13.2 Å². The molecule has 0 aromatic heterocycles. The molecule has 0 unspecified atom stereocenters. The van der Waals surface area contributed by atoms with Crippen LogP contribution in [0.2, 0.25) is 0 Å². The number of carbonyl (C=O) groups is 5. The van der Waals surface area contributed by atoms with E-state index in [1.54, 1.807) is 12.1 Å². The fourth-order valence-electron chi connectivity index (χ4n) is 2.59. The van der Waals surface area contributed by atoms with Crippen LogP contribution >= 0.6 is 0 Å². The topological polar surface area (TPSA) is 132 Å². The Kier molecular flexibility index (Phi) is 10.3. The quantitative estimate of drug-likeness (QED) is 0.243. The Morgan fingerprint density at radius 3 is 1.58 bits per heavy atom. The molecule has 0 saturated heterocycles. The number of carbonyl (C=O) groups excluding carboxylic acids is 5. The van der Waals surface area contributed by atoms with Crippen LogP contribution in [0, 0.1) is 0 Å². The summed E-state index contributed by atoms with van der Waals surface area (Å²) in [5.41, 5.74) is 1.40. The van der Waals surface area contributed by atoms with Crippen LogP contribution in [0.4, 0.5) is 0 Å². The van der Waals surface area contributed by atoms with Gasteiger partial charge < -0.3 is 23.7 Å². The standard InChI is InChI=1S/C28H26O10/c1-16(2)26(31)34-14-24(29)36-21-11-12-22(19-7-9-20(10-8-19)37-28(33)18(5)6)23(13-21)38-25(30)15-35-27(32)17(3)4/h7-13H,1,3,5,14-15H2,2,4,6H3. The molecule has 2 aromatic rings. The first kappa shape index (κ1) is 29.2. The van der Waals surface area contributed by atoms with E-state index < -0.39 is 43.1 Å². The molecule has 2 rings (SSSR count). The van der Waals surface area contributed by atoms with Gasteiger partial charge in [0.05, 0.1) is 0 Å².